The van der Waals surface area contributed by atoms with E-state index in [0.29, 0.717) is 17.7 Å². The molecule has 19 heavy (non-hydrogen) atoms. The molecule has 0 unspecified atom stereocenters. The Morgan fingerprint density at radius 1 is 1.21 bits per heavy atom. The molecule has 0 saturated carbocycles. The van der Waals surface area contributed by atoms with E-state index < -0.39 is 0 Å². The monoisotopic (exact) mass is 268 g/mol. The van der Waals surface area contributed by atoms with Crippen LogP contribution in [-0.2, 0) is 6.54 Å². The Kier molecular flexibility index (Phi) is 3.79. The highest BCUT2D eigenvalue weighted by Crippen LogP contribution is 2.20. The maximum Gasteiger partial charge on any atom is 0.101 e. The standard InChI is InChI=1S/C14H12N4S/c1-9-14(19-10(2)18-9)8-17-13-4-3-11(6-15)12(5-13)7-16/h3-5,17H,8H2,1-2H3. The Hall–Kier alpha value is -2.37. The summed E-state index contributed by atoms with van der Waals surface area (Å²) in [4.78, 5) is 5.55. The Morgan fingerprint density at radius 3 is 2.53 bits per heavy atom. The van der Waals surface area contributed by atoms with Crippen molar-refractivity contribution in [3.8, 4) is 12.1 Å². The van der Waals surface area contributed by atoms with Crippen molar-refractivity contribution in [2.45, 2.75) is 20.4 Å². The number of nitrogens with one attached hydrogen (secondary N) is 1. The molecule has 0 aliphatic heterocycles. The van der Waals surface area contributed by atoms with Gasteiger partial charge in [-0.15, -0.1) is 11.3 Å². The minimum absolute atomic E-state index is 0.393. The molecule has 4 nitrogen and oxygen atoms in total. The highest BCUT2D eigenvalue weighted by atomic mass is 32.1. The molecule has 5 heteroatoms. The third-order valence-corrected chi connectivity index (χ3v) is 3.79. The van der Waals surface area contributed by atoms with Gasteiger partial charge in [-0.2, -0.15) is 10.5 Å². The molecule has 0 atom stereocenters. The Bertz CT molecular complexity index is 688. The summed E-state index contributed by atoms with van der Waals surface area (Å²) in [5, 5.41) is 22.1. The van der Waals surface area contributed by atoms with Crippen LogP contribution in [0.5, 0.6) is 0 Å². The Balaban J connectivity index is 2.15. The fourth-order valence-electron chi connectivity index (χ4n) is 1.76. The van der Waals surface area contributed by atoms with Crippen LogP contribution in [-0.4, -0.2) is 4.98 Å². The number of rotatable bonds is 3. The number of hydrogen-bond acceptors (Lipinski definition) is 5. The lowest BCUT2D eigenvalue weighted by Gasteiger charge is -2.06. The van der Waals surface area contributed by atoms with Crippen LogP contribution in [0.3, 0.4) is 0 Å². The van der Waals surface area contributed by atoms with Crippen LogP contribution in [0, 0.1) is 36.5 Å². The van der Waals surface area contributed by atoms with Gasteiger partial charge >= 0.3 is 0 Å². The van der Waals surface area contributed by atoms with Gasteiger partial charge in [0.05, 0.1) is 28.4 Å². The van der Waals surface area contributed by atoms with Gasteiger partial charge in [-0.3, -0.25) is 0 Å². The maximum absolute atomic E-state index is 8.97. The quantitative estimate of drug-likeness (QED) is 0.928. The maximum atomic E-state index is 8.97. The van der Waals surface area contributed by atoms with Crippen molar-refractivity contribution in [1.82, 2.24) is 4.98 Å². The summed E-state index contributed by atoms with van der Waals surface area (Å²) in [7, 11) is 0. The van der Waals surface area contributed by atoms with Gasteiger partial charge in [0.25, 0.3) is 0 Å². The third kappa shape index (κ3) is 2.90. The van der Waals surface area contributed by atoms with Crippen molar-refractivity contribution in [2.24, 2.45) is 0 Å². The number of nitriles is 2. The number of aryl methyl sites for hydroxylation is 2. The molecule has 0 bridgehead atoms. The molecule has 2 rings (SSSR count). The van der Waals surface area contributed by atoms with E-state index in [2.05, 4.69) is 10.3 Å². The lowest BCUT2D eigenvalue weighted by Crippen LogP contribution is -1.99. The highest BCUT2D eigenvalue weighted by molar-refractivity contribution is 7.11. The van der Waals surface area contributed by atoms with Gasteiger partial charge in [-0.05, 0) is 32.0 Å². The lowest BCUT2D eigenvalue weighted by atomic mass is 10.1. The van der Waals surface area contributed by atoms with Crippen LogP contribution in [0.15, 0.2) is 18.2 Å². The van der Waals surface area contributed by atoms with Crippen molar-refractivity contribution in [2.75, 3.05) is 5.32 Å². The summed E-state index contributed by atoms with van der Waals surface area (Å²) in [6, 6.07) is 9.19. The molecule has 0 radical (unpaired) electrons. The smallest absolute Gasteiger partial charge is 0.101 e. The zero-order chi connectivity index (χ0) is 13.8. The van der Waals surface area contributed by atoms with Gasteiger partial charge in [0.2, 0.25) is 0 Å². The molecule has 1 heterocycles. The number of hydrogen-bond donors (Lipinski definition) is 1. The molecule has 0 amide bonds. The molecule has 0 spiro atoms. The largest absolute Gasteiger partial charge is 0.380 e. The second-order valence-electron chi connectivity index (χ2n) is 4.08. The van der Waals surface area contributed by atoms with Crippen molar-refractivity contribution in [1.29, 1.82) is 10.5 Å². The zero-order valence-corrected chi connectivity index (χ0v) is 11.5. The van der Waals surface area contributed by atoms with Gasteiger partial charge < -0.3 is 5.32 Å². The van der Waals surface area contributed by atoms with Gasteiger partial charge in [-0.25, -0.2) is 4.98 Å². The van der Waals surface area contributed by atoms with Gasteiger partial charge in [0.1, 0.15) is 12.1 Å². The number of thiazole rings is 1. The van der Waals surface area contributed by atoms with E-state index in [4.69, 9.17) is 10.5 Å². The van der Waals surface area contributed by atoms with E-state index in [1.807, 2.05) is 32.1 Å². The average Bonchev–Trinajstić information content (AvgIpc) is 2.74. The summed E-state index contributed by atoms with van der Waals surface area (Å²) in [6.07, 6.45) is 0. The van der Waals surface area contributed by atoms with Crippen molar-refractivity contribution >= 4 is 17.0 Å². The van der Waals surface area contributed by atoms with Crippen LogP contribution in [0.4, 0.5) is 5.69 Å². The van der Waals surface area contributed by atoms with Crippen LogP contribution >= 0.6 is 11.3 Å². The number of benzene rings is 1. The topological polar surface area (TPSA) is 72.5 Å². The summed E-state index contributed by atoms with van der Waals surface area (Å²) < 4.78 is 0. The summed E-state index contributed by atoms with van der Waals surface area (Å²) in [6.45, 7) is 4.64. The predicted octanol–water partition coefficient (Wildman–Crippen LogP) is 3.12. The van der Waals surface area contributed by atoms with E-state index >= 15 is 0 Å². The van der Waals surface area contributed by atoms with Crippen LogP contribution < -0.4 is 5.32 Å². The summed E-state index contributed by atoms with van der Waals surface area (Å²) >= 11 is 1.66. The molecule has 1 aromatic heterocycles. The number of nitrogens with zero attached hydrogens (tertiary/aromatic N) is 3. The predicted molar refractivity (Wildman–Crippen MR) is 74.8 cm³/mol. The molecule has 0 fully saturated rings. The summed E-state index contributed by atoms with van der Waals surface area (Å²) in [5.74, 6) is 0. The first kappa shape index (κ1) is 13.1. The van der Waals surface area contributed by atoms with Crippen LogP contribution in [0.2, 0.25) is 0 Å². The van der Waals surface area contributed by atoms with Gasteiger partial charge in [0, 0.05) is 10.6 Å². The van der Waals surface area contributed by atoms with E-state index in [-0.39, 0.29) is 0 Å². The van der Waals surface area contributed by atoms with Gasteiger partial charge in [-0.1, -0.05) is 0 Å². The SMILES string of the molecule is Cc1nc(C)c(CNc2ccc(C#N)c(C#N)c2)s1. The lowest BCUT2D eigenvalue weighted by molar-refractivity contribution is 1.11. The second-order valence-corrected chi connectivity index (χ2v) is 5.37. The van der Waals surface area contributed by atoms with Crippen molar-refractivity contribution in [3.63, 3.8) is 0 Å². The van der Waals surface area contributed by atoms with E-state index in [1.54, 1.807) is 23.5 Å². The first-order valence-corrected chi connectivity index (χ1v) is 6.56. The van der Waals surface area contributed by atoms with Crippen molar-refractivity contribution in [3.05, 3.63) is 44.9 Å². The minimum atomic E-state index is 0.393. The van der Waals surface area contributed by atoms with Gasteiger partial charge in [0.15, 0.2) is 0 Å². The van der Waals surface area contributed by atoms with Crippen molar-refractivity contribution < 1.29 is 0 Å². The fraction of sp³-hybridized carbons (Fsp3) is 0.214. The Morgan fingerprint density at radius 2 is 1.95 bits per heavy atom. The molecule has 0 aliphatic rings. The Labute approximate surface area is 116 Å². The first-order valence-electron chi connectivity index (χ1n) is 5.75. The molecule has 2 aromatic rings. The van der Waals surface area contributed by atoms with E-state index in [1.165, 1.54) is 4.88 Å². The van der Waals surface area contributed by atoms with E-state index in [9.17, 15) is 0 Å². The first-order chi connectivity index (χ1) is 9.13. The average molecular weight is 268 g/mol. The van der Waals surface area contributed by atoms with Crippen LogP contribution in [0.1, 0.15) is 26.7 Å². The number of anilines is 1. The molecule has 1 aromatic carbocycles. The summed E-state index contributed by atoms with van der Waals surface area (Å²) in [5.41, 5.74) is 2.66. The molecule has 1 N–H and O–H groups in total. The van der Waals surface area contributed by atoms with Crippen LogP contribution in [0.25, 0.3) is 0 Å². The third-order valence-electron chi connectivity index (χ3n) is 2.71. The fourth-order valence-corrected chi connectivity index (χ4v) is 2.64. The number of aromatic nitrogens is 1. The normalized spacial score (nSPS) is 9.68. The van der Waals surface area contributed by atoms with E-state index in [0.717, 1.165) is 16.4 Å². The minimum Gasteiger partial charge on any atom is -0.380 e. The molecular weight excluding hydrogens is 256 g/mol. The molecule has 0 aliphatic carbocycles. The molecule has 94 valence electrons. The molecular formula is C14H12N4S. The highest BCUT2D eigenvalue weighted by Gasteiger charge is 2.06. The second kappa shape index (κ2) is 5.51. The molecule has 0 saturated heterocycles. The zero-order valence-electron chi connectivity index (χ0n) is 10.7.